The summed E-state index contributed by atoms with van der Waals surface area (Å²) in [5.41, 5.74) is 5.17. The second-order valence-corrected chi connectivity index (χ2v) is 7.83. The molecule has 0 fully saturated rings. The highest BCUT2D eigenvalue weighted by atomic mass is 16.1. The van der Waals surface area contributed by atoms with Gasteiger partial charge >= 0.3 is 0 Å². The van der Waals surface area contributed by atoms with E-state index in [2.05, 4.69) is 81.5 Å². The maximum absolute atomic E-state index is 12.2. The molecule has 2 aromatic carbocycles. The Hall–Kier alpha value is -2.09. The molecule has 0 saturated carbocycles. The summed E-state index contributed by atoms with van der Waals surface area (Å²) < 4.78 is 0. The van der Waals surface area contributed by atoms with Crippen molar-refractivity contribution in [2.24, 2.45) is 0 Å². The van der Waals surface area contributed by atoms with Gasteiger partial charge in [-0.3, -0.25) is 4.79 Å². The predicted molar refractivity (Wildman–Crippen MR) is 106 cm³/mol. The molecule has 0 heterocycles. The second-order valence-electron chi connectivity index (χ2n) is 7.83. The van der Waals surface area contributed by atoms with Crippen LogP contribution in [0.1, 0.15) is 69.3 Å². The van der Waals surface area contributed by atoms with E-state index in [1.807, 2.05) is 6.92 Å². The Morgan fingerprint density at radius 2 is 1.52 bits per heavy atom. The lowest BCUT2D eigenvalue weighted by atomic mass is 9.86. The van der Waals surface area contributed by atoms with Crippen molar-refractivity contribution < 1.29 is 4.79 Å². The highest BCUT2D eigenvalue weighted by molar-refractivity contribution is 5.76. The Labute approximate surface area is 152 Å². The van der Waals surface area contributed by atoms with Crippen molar-refractivity contribution in [1.82, 2.24) is 5.32 Å². The van der Waals surface area contributed by atoms with Crippen LogP contribution in [-0.2, 0) is 23.1 Å². The minimum Gasteiger partial charge on any atom is -0.350 e. The number of rotatable bonds is 6. The summed E-state index contributed by atoms with van der Waals surface area (Å²) in [6, 6.07) is 17.1. The van der Waals surface area contributed by atoms with Crippen molar-refractivity contribution in [2.45, 2.75) is 65.3 Å². The van der Waals surface area contributed by atoms with Gasteiger partial charge in [-0.1, -0.05) is 76.2 Å². The smallest absolute Gasteiger partial charge is 0.220 e. The molecule has 2 aromatic rings. The van der Waals surface area contributed by atoms with E-state index >= 15 is 0 Å². The average Bonchev–Trinajstić information content (AvgIpc) is 2.59. The van der Waals surface area contributed by atoms with Gasteiger partial charge in [0, 0.05) is 6.42 Å². The zero-order valence-corrected chi connectivity index (χ0v) is 16.2. The molecular weight excluding hydrogens is 306 g/mol. The standard InChI is InChI=1S/C23H31NO/c1-6-18-7-12-20(13-8-18)17(2)24-22(25)16-11-19-9-14-21(15-10-19)23(3,4)5/h7-10,12-15,17H,6,11,16H2,1-5H3,(H,24,25). The minimum atomic E-state index is 0.0432. The molecule has 0 bridgehead atoms. The van der Waals surface area contributed by atoms with Gasteiger partial charge in [-0.05, 0) is 47.4 Å². The number of aryl methyl sites for hydroxylation is 2. The van der Waals surface area contributed by atoms with Crippen LogP contribution in [-0.4, -0.2) is 5.91 Å². The van der Waals surface area contributed by atoms with Gasteiger partial charge in [-0.25, -0.2) is 0 Å². The molecule has 2 nitrogen and oxygen atoms in total. The summed E-state index contributed by atoms with van der Waals surface area (Å²) in [6.07, 6.45) is 2.33. The third kappa shape index (κ3) is 5.74. The summed E-state index contributed by atoms with van der Waals surface area (Å²) in [4.78, 5) is 12.2. The third-order valence-corrected chi connectivity index (χ3v) is 4.73. The fourth-order valence-electron chi connectivity index (χ4n) is 2.87. The van der Waals surface area contributed by atoms with E-state index in [-0.39, 0.29) is 17.4 Å². The molecule has 0 radical (unpaired) electrons. The van der Waals surface area contributed by atoms with Gasteiger partial charge < -0.3 is 5.32 Å². The Bertz CT molecular complexity index is 678. The monoisotopic (exact) mass is 337 g/mol. The molecule has 25 heavy (non-hydrogen) atoms. The van der Waals surface area contributed by atoms with Crippen LogP contribution >= 0.6 is 0 Å². The van der Waals surface area contributed by atoms with E-state index in [1.54, 1.807) is 0 Å². The minimum absolute atomic E-state index is 0.0432. The number of hydrogen-bond acceptors (Lipinski definition) is 1. The predicted octanol–water partition coefficient (Wildman–Crippen LogP) is 5.36. The number of carbonyl (C=O) groups is 1. The lowest BCUT2D eigenvalue weighted by Crippen LogP contribution is -2.26. The summed E-state index contributed by atoms with van der Waals surface area (Å²) in [6.45, 7) is 10.8. The SMILES string of the molecule is CCc1ccc(C(C)NC(=O)CCc2ccc(C(C)(C)C)cc2)cc1. The molecular formula is C23H31NO. The third-order valence-electron chi connectivity index (χ3n) is 4.73. The molecule has 2 heteroatoms. The van der Waals surface area contributed by atoms with E-state index in [0.29, 0.717) is 6.42 Å². The molecule has 0 aliphatic heterocycles. The van der Waals surface area contributed by atoms with Crippen molar-refractivity contribution in [3.63, 3.8) is 0 Å². The van der Waals surface area contributed by atoms with Crippen molar-refractivity contribution >= 4 is 5.91 Å². The van der Waals surface area contributed by atoms with Gasteiger partial charge in [-0.2, -0.15) is 0 Å². The van der Waals surface area contributed by atoms with E-state index in [0.717, 1.165) is 18.4 Å². The summed E-state index contributed by atoms with van der Waals surface area (Å²) in [5.74, 6) is 0.104. The molecule has 1 N–H and O–H groups in total. The van der Waals surface area contributed by atoms with Crippen LogP contribution in [0.4, 0.5) is 0 Å². The fraction of sp³-hybridized carbons (Fsp3) is 0.435. The quantitative estimate of drug-likeness (QED) is 0.755. The summed E-state index contributed by atoms with van der Waals surface area (Å²) >= 11 is 0. The number of hydrogen-bond donors (Lipinski definition) is 1. The fourth-order valence-corrected chi connectivity index (χ4v) is 2.87. The number of carbonyl (C=O) groups excluding carboxylic acids is 1. The first-order valence-corrected chi connectivity index (χ1v) is 9.27. The van der Waals surface area contributed by atoms with E-state index in [1.165, 1.54) is 16.7 Å². The Kier molecular flexibility index (Phi) is 6.41. The summed E-state index contributed by atoms with van der Waals surface area (Å²) in [5, 5.41) is 3.10. The van der Waals surface area contributed by atoms with Gasteiger partial charge in [0.15, 0.2) is 0 Å². The van der Waals surface area contributed by atoms with Crippen LogP contribution in [0.2, 0.25) is 0 Å². The lowest BCUT2D eigenvalue weighted by Gasteiger charge is -2.19. The van der Waals surface area contributed by atoms with E-state index < -0.39 is 0 Å². The molecule has 1 amide bonds. The molecule has 2 rings (SSSR count). The zero-order valence-electron chi connectivity index (χ0n) is 16.2. The molecule has 0 aliphatic carbocycles. The maximum atomic E-state index is 12.2. The van der Waals surface area contributed by atoms with Crippen LogP contribution in [0.3, 0.4) is 0 Å². The normalized spacial score (nSPS) is 12.7. The zero-order chi connectivity index (χ0) is 18.4. The Morgan fingerprint density at radius 3 is 2.04 bits per heavy atom. The molecule has 134 valence electrons. The lowest BCUT2D eigenvalue weighted by molar-refractivity contribution is -0.121. The molecule has 0 aromatic heterocycles. The first kappa shape index (κ1) is 19.2. The van der Waals surface area contributed by atoms with Crippen molar-refractivity contribution in [3.05, 3.63) is 70.8 Å². The van der Waals surface area contributed by atoms with Crippen LogP contribution in [0.5, 0.6) is 0 Å². The van der Waals surface area contributed by atoms with Crippen molar-refractivity contribution in [1.29, 1.82) is 0 Å². The first-order valence-electron chi connectivity index (χ1n) is 9.27. The largest absolute Gasteiger partial charge is 0.350 e. The summed E-state index contributed by atoms with van der Waals surface area (Å²) in [7, 11) is 0. The van der Waals surface area contributed by atoms with Crippen LogP contribution in [0.15, 0.2) is 48.5 Å². The van der Waals surface area contributed by atoms with E-state index in [4.69, 9.17) is 0 Å². The van der Waals surface area contributed by atoms with E-state index in [9.17, 15) is 4.79 Å². The Balaban J connectivity index is 1.85. The van der Waals surface area contributed by atoms with Gasteiger partial charge in [-0.15, -0.1) is 0 Å². The van der Waals surface area contributed by atoms with Gasteiger partial charge in [0.2, 0.25) is 5.91 Å². The van der Waals surface area contributed by atoms with Gasteiger partial charge in [0.1, 0.15) is 0 Å². The van der Waals surface area contributed by atoms with Crippen LogP contribution in [0, 0.1) is 0 Å². The topological polar surface area (TPSA) is 29.1 Å². The van der Waals surface area contributed by atoms with Gasteiger partial charge in [0.05, 0.1) is 6.04 Å². The maximum Gasteiger partial charge on any atom is 0.220 e. The Morgan fingerprint density at radius 1 is 0.960 bits per heavy atom. The second kappa shape index (κ2) is 8.33. The molecule has 0 saturated heterocycles. The first-order chi connectivity index (χ1) is 11.8. The number of benzene rings is 2. The molecule has 1 atom stereocenters. The van der Waals surface area contributed by atoms with Crippen molar-refractivity contribution in [2.75, 3.05) is 0 Å². The molecule has 0 spiro atoms. The molecule has 1 unspecified atom stereocenters. The average molecular weight is 338 g/mol. The van der Waals surface area contributed by atoms with Gasteiger partial charge in [0.25, 0.3) is 0 Å². The van der Waals surface area contributed by atoms with Crippen LogP contribution in [0.25, 0.3) is 0 Å². The number of nitrogens with one attached hydrogen (secondary N) is 1. The highest BCUT2D eigenvalue weighted by Gasteiger charge is 2.13. The molecule has 0 aliphatic rings. The van der Waals surface area contributed by atoms with Crippen LogP contribution < -0.4 is 5.32 Å². The number of amides is 1. The van der Waals surface area contributed by atoms with Crippen molar-refractivity contribution in [3.8, 4) is 0 Å². The highest BCUT2D eigenvalue weighted by Crippen LogP contribution is 2.22.